The fraction of sp³-hybridized carbons (Fsp3) is 0.381. The molecule has 0 aliphatic carbocycles. The number of benzene rings is 1. The molecule has 1 aliphatic heterocycles. The van der Waals surface area contributed by atoms with Crippen molar-refractivity contribution in [1.82, 2.24) is 30.6 Å². The number of carbonyl (C=O) groups excluding carboxylic acids is 1. The normalized spacial score (nSPS) is 12.7. The van der Waals surface area contributed by atoms with Crippen molar-refractivity contribution in [2.45, 2.75) is 26.1 Å². The number of H-pyrrole nitrogens is 1. The van der Waals surface area contributed by atoms with Crippen LogP contribution in [0.2, 0.25) is 0 Å². The van der Waals surface area contributed by atoms with Gasteiger partial charge in [-0.3, -0.25) is 14.6 Å². The smallest absolute Gasteiger partial charge is 0.272 e. The number of nitrogens with zero attached hydrogens (tertiary/aromatic N) is 3. The van der Waals surface area contributed by atoms with E-state index >= 15 is 0 Å². The number of ether oxygens (including phenoxy) is 2. The van der Waals surface area contributed by atoms with E-state index in [4.69, 9.17) is 9.47 Å². The van der Waals surface area contributed by atoms with Crippen molar-refractivity contribution >= 4 is 18.3 Å². The lowest BCUT2D eigenvalue weighted by Gasteiger charge is -2.15. The molecule has 1 aliphatic rings. The molecule has 0 bridgehead atoms. The summed E-state index contributed by atoms with van der Waals surface area (Å²) in [7, 11) is 3.30. The number of methoxy groups -OCH3 is 2. The van der Waals surface area contributed by atoms with E-state index in [0.29, 0.717) is 31.9 Å². The van der Waals surface area contributed by atoms with Crippen molar-refractivity contribution in [3.05, 3.63) is 53.0 Å². The van der Waals surface area contributed by atoms with Crippen molar-refractivity contribution in [2.24, 2.45) is 0 Å². The zero-order chi connectivity index (χ0) is 20.9. The van der Waals surface area contributed by atoms with Crippen LogP contribution in [0.1, 0.15) is 27.3 Å². The molecule has 3 heterocycles. The molecule has 10 heteroatoms. The number of halogens is 1. The van der Waals surface area contributed by atoms with Crippen molar-refractivity contribution in [2.75, 3.05) is 27.4 Å². The molecule has 1 amide bonds. The first-order valence-corrected chi connectivity index (χ1v) is 9.94. The fourth-order valence-electron chi connectivity index (χ4n) is 3.70. The number of aromatic nitrogens is 4. The molecule has 166 valence electrons. The van der Waals surface area contributed by atoms with Crippen molar-refractivity contribution in [3.8, 4) is 17.0 Å². The van der Waals surface area contributed by atoms with Gasteiger partial charge in [-0.2, -0.15) is 10.2 Å². The summed E-state index contributed by atoms with van der Waals surface area (Å²) in [6, 6.07) is 7.71. The Labute approximate surface area is 186 Å². The van der Waals surface area contributed by atoms with Crippen molar-refractivity contribution < 1.29 is 14.3 Å². The Bertz CT molecular complexity index is 1030. The van der Waals surface area contributed by atoms with Crippen LogP contribution in [0, 0.1) is 0 Å². The lowest BCUT2D eigenvalue weighted by molar-refractivity contribution is 0.0943. The molecule has 0 saturated heterocycles. The van der Waals surface area contributed by atoms with Crippen LogP contribution in [0.3, 0.4) is 0 Å². The molecule has 0 spiro atoms. The summed E-state index contributed by atoms with van der Waals surface area (Å²) in [5.74, 6) is 0.571. The summed E-state index contributed by atoms with van der Waals surface area (Å²) in [6.45, 7) is 3.06. The predicted molar refractivity (Wildman–Crippen MR) is 119 cm³/mol. The van der Waals surface area contributed by atoms with Gasteiger partial charge in [0.1, 0.15) is 5.75 Å². The number of aromatic amines is 1. The van der Waals surface area contributed by atoms with E-state index in [1.807, 2.05) is 28.9 Å². The first-order chi connectivity index (χ1) is 14.7. The third kappa shape index (κ3) is 4.90. The SMILES string of the molecule is COCCn1nc(C(=O)NCc2cn[nH]c2-c2cccc(OC)c2)c2c1CCNC2.Cl. The molecule has 0 fully saturated rings. The number of fused-ring (bicyclic) bond motifs is 1. The highest BCUT2D eigenvalue weighted by Gasteiger charge is 2.24. The second-order valence-corrected chi connectivity index (χ2v) is 7.10. The summed E-state index contributed by atoms with van der Waals surface area (Å²) in [4.78, 5) is 13.0. The average Bonchev–Trinajstić information content (AvgIpc) is 3.41. The molecule has 2 aromatic heterocycles. The predicted octanol–water partition coefficient (Wildman–Crippen LogP) is 1.93. The zero-order valence-corrected chi connectivity index (χ0v) is 18.4. The van der Waals surface area contributed by atoms with Gasteiger partial charge in [-0.25, -0.2) is 0 Å². The van der Waals surface area contributed by atoms with Gasteiger partial charge in [0, 0.05) is 55.5 Å². The number of rotatable bonds is 8. The van der Waals surface area contributed by atoms with E-state index in [9.17, 15) is 4.79 Å². The summed E-state index contributed by atoms with van der Waals surface area (Å²) in [5, 5.41) is 18.1. The maximum atomic E-state index is 13.0. The van der Waals surface area contributed by atoms with E-state index < -0.39 is 0 Å². The van der Waals surface area contributed by atoms with Gasteiger partial charge in [-0.05, 0) is 12.1 Å². The third-order valence-electron chi connectivity index (χ3n) is 5.24. The third-order valence-corrected chi connectivity index (χ3v) is 5.24. The quantitative estimate of drug-likeness (QED) is 0.488. The largest absolute Gasteiger partial charge is 0.497 e. The Morgan fingerprint density at radius 1 is 1.32 bits per heavy atom. The van der Waals surface area contributed by atoms with Crippen LogP contribution < -0.4 is 15.4 Å². The molecule has 9 nitrogen and oxygen atoms in total. The average molecular weight is 447 g/mol. The molecule has 0 radical (unpaired) electrons. The van der Waals surface area contributed by atoms with E-state index in [1.54, 1.807) is 20.4 Å². The van der Waals surface area contributed by atoms with Crippen LogP contribution in [0.15, 0.2) is 30.5 Å². The minimum atomic E-state index is -0.191. The van der Waals surface area contributed by atoms with Crippen molar-refractivity contribution in [3.63, 3.8) is 0 Å². The van der Waals surface area contributed by atoms with Crippen LogP contribution in [0.4, 0.5) is 0 Å². The molecule has 3 N–H and O–H groups in total. The minimum Gasteiger partial charge on any atom is -0.497 e. The number of nitrogens with one attached hydrogen (secondary N) is 3. The van der Waals surface area contributed by atoms with E-state index in [2.05, 4.69) is 25.9 Å². The molecule has 0 saturated carbocycles. The van der Waals surface area contributed by atoms with Gasteiger partial charge < -0.3 is 20.1 Å². The Morgan fingerprint density at radius 3 is 3.00 bits per heavy atom. The first kappa shape index (κ1) is 22.8. The van der Waals surface area contributed by atoms with Gasteiger partial charge in [0.25, 0.3) is 5.91 Å². The number of hydrogen-bond acceptors (Lipinski definition) is 6. The summed E-state index contributed by atoms with van der Waals surface area (Å²) < 4.78 is 12.4. The lowest BCUT2D eigenvalue weighted by atomic mass is 10.1. The van der Waals surface area contributed by atoms with Gasteiger partial charge in [0.15, 0.2) is 5.69 Å². The standard InChI is InChI=1S/C21H26N6O3.ClH/c1-29-9-8-27-18-6-7-22-13-17(18)20(26-27)21(28)23-11-15-12-24-25-19(15)14-4-3-5-16(10-14)30-2;/h3-5,10,12,22H,6-9,11,13H2,1-2H3,(H,23,28)(H,24,25);1H. The van der Waals surface area contributed by atoms with Crippen LogP contribution in [-0.4, -0.2) is 53.3 Å². The molecule has 1 aromatic carbocycles. The topological polar surface area (TPSA) is 106 Å². The maximum absolute atomic E-state index is 13.0. The van der Waals surface area contributed by atoms with Crippen LogP contribution in [0.5, 0.6) is 5.75 Å². The van der Waals surface area contributed by atoms with Crippen LogP contribution >= 0.6 is 12.4 Å². The maximum Gasteiger partial charge on any atom is 0.272 e. The summed E-state index contributed by atoms with van der Waals surface area (Å²) in [5.41, 5.74) is 5.23. The van der Waals surface area contributed by atoms with Gasteiger partial charge in [-0.1, -0.05) is 12.1 Å². The first-order valence-electron chi connectivity index (χ1n) is 9.94. The minimum absolute atomic E-state index is 0. The van der Waals surface area contributed by atoms with E-state index in [-0.39, 0.29) is 18.3 Å². The van der Waals surface area contributed by atoms with Gasteiger partial charge in [0.05, 0.1) is 32.2 Å². The van der Waals surface area contributed by atoms with E-state index in [0.717, 1.165) is 46.8 Å². The zero-order valence-electron chi connectivity index (χ0n) is 17.6. The molecule has 31 heavy (non-hydrogen) atoms. The Kier molecular flexibility index (Phi) is 7.67. The van der Waals surface area contributed by atoms with Crippen molar-refractivity contribution in [1.29, 1.82) is 0 Å². The molecule has 0 atom stereocenters. The fourth-order valence-corrected chi connectivity index (χ4v) is 3.70. The second kappa shape index (κ2) is 10.4. The Morgan fingerprint density at radius 2 is 2.19 bits per heavy atom. The van der Waals surface area contributed by atoms with Crippen LogP contribution in [-0.2, 0) is 30.8 Å². The molecular weight excluding hydrogens is 420 g/mol. The molecule has 0 unspecified atom stereocenters. The van der Waals surface area contributed by atoms with E-state index in [1.165, 1.54) is 0 Å². The highest BCUT2D eigenvalue weighted by molar-refractivity contribution is 5.94. The number of hydrogen-bond donors (Lipinski definition) is 3. The molecular formula is C21H27ClN6O3. The highest BCUT2D eigenvalue weighted by Crippen LogP contribution is 2.25. The van der Waals surface area contributed by atoms with Gasteiger partial charge >= 0.3 is 0 Å². The second-order valence-electron chi connectivity index (χ2n) is 7.10. The summed E-state index contributed by atoms with van der Waals surface area (Å²) >= 11 is 0. The summed E-state index contributed by atoms with van der Waals surface area (Å²) in [6.07, 6.45) is 2.57. The monoisotopic (exact) mass is 446 g/mol. The van der Waals surface area contributed by atoms with Crippen LogP contribution in [0.25, 0.3) is 11.3 Å². The Balaban J connectivity index is 0.00000272. The van der Waals surface area contributed by atoms with Gasteiger partial charge in [0.2, 0.25) is 0 Å². The molecule has 3 aromatic rings. The lowest BCUT2D eigenvalue weighted by Crippen LogP contribution is -2.28. The number of carbonyl (C=O) groups is 1. The highest BCUT2D eigenvalue weighted by atomic mass is 35.5. The Hall–Kier alpha value is -2.88. The molecule has 4 rings (SSSR count). The van der Waals surface area contributed by atoms with Gasteiger partial charge in [-0.15, -0.1) is 12.4 Å². The number of amides is 1.